The van der Waals surface area contributed by atoms with Crippen LogP contribution in [0.25, 0.3) is 0 Å². The van der Waals surface area contributed by atoms with E-state index in [9.17, 15) is 4.79 Å². The van der Waals surface area contributed by atoms with Crippen LogP contribution >= 0.6 is 0 Å². The number of rotatable bonds is 1. The fourth-order valence-electron chi connectivity index (χ4n) is 1.07. The zero-order valence-corrected chi connectivity index (χ0v) is 7.02. The predicted molar refractivity (Wildman–Crippen MR) is 45.4 cm³/mol. The fraction of sp³-hybridized carbons (Fsp3) is 0.250. The number of fused-ring (bicyclic) bond motifs is 1. The highest BCUT2D eigenvalue weighted by Crippen LogP contribution is 2.19. The molecule has 0 aromatic carbocycles. The van der Waals surface area contributed by atoms with E-state index in [4.69, 9.17) is 4.74 Å². The van der Waals surface area contributed by atoms with Gasteiger partial charge in [-0.2, -0.15) is 0 Å². The van der Waals surface area contributed by atoms with Gasteiger partial charge in [-0.15, -0.1) is 0 Å². The first-order chi connectivity index (χ1) is 6.29. The molecule has 1 aromatic heterocycles. The number of carbonyl (C=O) groups excluding carboxylic acids is 1. The van der Waals surface area contributed by atoms with Gasteiger partial charge in [0.15, 0.2) is 11.6 Å². The molecule has 13 heavy (non-hydrogen) atoms. The summed E-state index contributed by atoms with van der Waals surface area (Å²) in [4.78, 5) is 22.9. The van der Waals surface area contributed by atoms with Crippen LogP contribution in [-0.2, 0) is 11.2 Å². The van der Waals surface area contributed by atoms with E-state index >= 15 is 0 Å². The minimum Gasteiger partial charge on any atom is -0.480 e. The van der Waals surface area contributed by atoms with Gasteiger partial charge in [0.05, 0.1) is 31.6 Å². The van der Waals surface area contributed by atoms with Crippen molar-refractivity contribution in [3.05, 3.63) is 11.9 Å². The molecule has 0 amide bonds. The molecule has 0 radical (unpaired) electrons. The van der Waals surface area contributed by atoms with Crippen LogP contribution in [0, 0.1) is 0 Å². The zero-order valence-electron chi connectivity index (χ0n) is 7.02. The molecule has 2 rings (SSSR count). The molecule has 1 aliphatic rings. The summed E-state index contributed by atoms with van der Waals surface area (Å²) in [6, 6.07) is 0. The number of hydrogen-bond acceptors (Lipinski definition) is 5. The van der Waals surface area contributed by atoms with E-state index in [1.807, 2.05) is 0 Å². The molecule has 66 valence electrons. The molecule has 0 N–H and O–H groups in total. The molecule has 1 aromatic rings. The Morgan fingerprint density at radius 1 is 1.54 bits per heavy atom. The van der Waals surface area contributed by atoms with Crippen LogP contribution in [0.1, 0.15) is 5.69 Å². The topological polar surface area (TPSA) is 64.4 Å². The Balaban J connectivity index is 2.46. The van der Waals surface area contributed by atoms with Gasteiger partial charge in [-0.3, -0.25) is 4.79 Å². The molecule has 2 heterocycles. The molecular weight excluding hydrogens is 170 g/mol. The monoisotopic (exact) mass is 177 g/mol. The molecule has 0 bridgehead atoms. The van der Waals surface area contributed by atoms with Crippen molar-refractivity contribution in [2.45, 2.75) is 6.42 Å². The Morgan fingerprint density at radius 2 is 2.38 bits per heavy atom. The molecule has 0 unspecified atom stereocenters. The Kier molecular flexibility index (Phi) is 1.77. The van der Waals surface area contributed by atoms with E-state index in [-0.39, 0.29) is 12.2 Å². The van der Waals surface area contributed by atoms with Crippen LogP contribution < -0.4 is 4.74 Å². The lowest BCUT2D eigenvalue weighted by Gasteiger charge is -2.07. The Bertz CT molecular complexity index is 387. The average molecular weight is 177 g/mol. The first kappa shape index (κ1) is 7.85. The minimum absolute atomic E-state index is 0.0601. The summed E-state index contributed by atoms with van der Waals surface area (Å²) in [5, 5.41) is 0. The van der Waals surface area contributed by atoms with Gasteiger partial charge in [0.1, 0.15) is 0 Å². The van der Waals surface area contributed by atoms with Gasteiger partial charge in [-0.1, -0.05) is 0 Å². The third kappa shape index (κ3) is 1.40. The second kappa shape index (κ2) is 2.93. The quantitative estimate of drug-likeness (QED) is 0.619. The Labute approximate surface area is 74.5 Å². The maximum absolute atomic E-state index is 11.0. The Hall–Kier alpha value is -1.78. The van der Waals surface area contributed by atoms with Gasteiger partial charge in [0, 0.05) is 0 Å². The molecule has 1 aliphatic heterocycles. The maximum Gasteiger partial charge on any atom is 0.232 e. The summed E-state index contributed by atoms with van der Waals surface area (Å²) in [5.41, 5.74) is 0.576. The highest BCUT2D eigenvalue weighted by molar-refractivity contribution is 6.29. The van der Waals surface area contributed by atoms with Crippen molar-refractivity contribution >= 4 is 17.8 Å². The fourth-order valence-corrected chi connectivity index (χ4v) is 1.07. The third-order valence-electron chi connectivity index (χ3n) is 1.68. The third-order valence-corrected chi connectivity index (χ3v) is 1.68. The summed E-state index contributed by atoms with van der Waals surface area (Å²) in [6.07, 6.45) is 3.00. The van der Waals surface area contributed by atoms with Gasteiger partial charge in [0.25, 0.3) is 0 Å². The first-order valence-corrected chi connectivity index (χ1v) is 3.76. The predicted octanol–water partition coefficient (Wildman–Crippen LogP) is 0.313. The van der Waals surface area contributed by atoms with Gasteiger partial charge < -0.3 is 4.74 Å². The second-order valence-corrected chi connectivity index (χ2v) is 2.58. The standard InChI is InChI=1S/C8H7N3O2/c1-13-7-4-10-8-6(11-7)2-5(12)3-9-8/h3-4H,2H2,1H3. The summed E-state index contributed by atoms with van der Waals surface area (Å²) in [6.45, 7) is 0. The maximum atomic E-state index is 11.0. The smallest absolute Gasteiger partial charge is 0.232 e. The van der Waals surface area contributed by atoms with E-state index in [0.29, 0.717) is 17.4 Å². The number of ketones is 1. The summed E-state index contributed by atoms with van der Waals surface area (Å²) in [5.74, 6) is 0.846. The van der Waals surface area contributed by atoms with Crippen molar-refractivity contribution in [3.8, 4) is 5.88 Å². The number of Topliss-reactive ketones (excluding diaryl/α,β-unsaturated/α-hetero) is 1. The van der Waals surface area contributed by atoms with Crippen LogP contribution in [-0.4, -0.2) is 29.1 Å². The number of ether oxygens (including phenoxy) is 1. The number of methoxy groups -OCH3 is 1. The van der Waals surface area contributed by atoms with E-state index in [1.165, 1.54) is 19.5 Å². The van der Waals surface area contributed by atoms with E-state index in [1.54, 1.807) is 0 Å². The Morgan fingerprint density at radius 3 is 3.15 bits per heavy atom. The molecule has 5 nitrogen and oxygen atoms in total. The minimum atomic E-state index is -0.0601. The summed E-state index contributed by atoms with van der Waals surface area (Å²) < 4.78 is 4.88. The number of aliphatic imine (C=N–C) groups is 1. The van der Waals surface area contributed by atoms with Crippen LogP contribution in [0.3, 0.4) is 0 Å². The van der Waals surface area contributed by atoms with E-state index < -0.39 is 0 Å². The molecule has 0 saturated heterocycles. The average Bonchev–Trinajstić information content (AvgIpc) is 2.16. The van der Waals surface area contributed by atoms with Crippen molar-refractivity contribution in [2.75, 3.05) is 7.11 Å². The van der Waals surface area contributed by atoms with Gasteiger partial charge in [0.2, 0.25) is 5.88 Å². The number of aromatic nitrogens is 2. The number of hydrogen-bond donors (Lipinski definition) is 0. The van der Waals surface area contributed by atoms with Crippen molar-refractivity contribution in [3.63, 3.8) is 0 Å². The number of carbonyl (C=O) groups is 1. The molecule has 0 spiro atoms. The van der Waals surface area contributed by atoms with Crippen LogP contribution in [0.15, 0.2) is 11.2 Å². The molecule has 0 atom stereocenters. The van der Waals surface area contributed by atoms with Crippen LogP contribution in [0.4, 0.5) is 5.82 Å². The van der Waals surface area contributed by atoms with Crippen molar-refractivity contribution in [1.82, 2.24) is 9.97 Å². The van der Waals surface area contributed by atoms with E-state index in [2.05, 4.69) is 15.0 Å². The SMILES string of the molecule is COc1cnc2c(n1)CC(=O)C=N2. The van der Waals surface area contributed by atoms with Crippen molar-refractivity contribution in [1.29, 1.82) is 0 Å². The number of nitrogens with zero attached hydrogens (tertiary/aromatic N) is 3. The molecule has 0 fully saturated rings. The second-order valence-electron chi connectivity index (χ2n) is 2.58. The highest BCUT2D eigenvalue weighted by atomic mass is 16.5. The molecule has 0 aliphatic carbocycles. The van der Waals surface area contributed by atoms with Crippen LogP contribution in [0.5, 0.6) is 5.88 Å². The first-order valence-electron chi connectivity index (χ1n) is 3.76. The summed E-state index contributed by atoms with van der Waals surface area (Å²) in [7, 11) is 1.50. The van der Waals surface area contributed by atoms with Crippen molar-refractivity contribution < 1.29 is 9.53 Å². The summed E-state index contributed by atoms with van der Waals surface area (Å²) >= 11 is 0. The lowest BCUT2D eigenvalue weighted by Crippen LogP contribution is -2.11. The van der Waals surface area contributed by atoms with E-state index in [0.717, 1.165) is 0 Å². The lowest BCUT2D eigenvalue weighted by atomic mass is 10.2. The molecule has 5 heteroatoms. The molecule has 0 saturated carbocycles. The van der Waals surface area contributed by atoms with Gasteiger partial charge in [-0.05, 0) is 0 Å². The van der Waals surface area contributed by atoms with Crippen LogP contribution in [0.2, 0.25) is 0 Å². The lowest BCUT2D eigenvalue weighted by molar-refractivity contribution is -0.112. The molecular formula is C8H7N3O2. The van der Waals surface area contributed by atoms with Gasteiger partial charge in [-0.25, -0.2) is 15.0 Å². The van der Waals surface area contributed by atoms with Gasteiger partial charge >= 0.3 is 0 Å². The highest BCUT2D eigenvalue weighted by Gasteiger charge is 2.14. The zero-order chi connectivity index (χ0) is 9.26. The van der Waals surface area contributed by atoms with Crippen molar-refractivity contribution in [2.24, 2.45) is 4.99 Å². The largest absolute Gasteiger partial charge is 0.480 e. The normalized spacial score (nSPS) is 14.1.